The molecule has 2 amide bonds. The van der Waals surface area contributed by atoms with E-state index in [1.807, 2.05) is 11.8 Å². The highest BCUT2D eigenvalue weighted by Gasteiger charge is 2.17. The molecule has 2 heterocycles. The minimum Gasteiger partial charge on any atom is -0.379 e. The second-order valence-electron chi connectivity index (χ2n) is 6.77. The van der Waals surface area contributed by atoms with Crippen LogP contribution in [-0.4, -0.2) is 80.2 Å². The number of nitrogens with one attached hydrogen (secondary N) is 3. The summed E-state index contributed by atoms with van der Waals surface area (Å²) in [4.78, 5) is 26.6. The van der Waals surface area contributed by atoms with Gasteiger partial charge in [0.25, 0.3) is 5.91 Å². The number of carbonyl (C=O) groups is 2. The van der Waals surface area contributed by atoms with Gasteiger partial charge in [0.15, 0.2) is 0 Å². The van der Waals surface area contributed by atoms with E-state index in [2.05, 4.69) is 20.9 Å². The molecule has 2 aliphatic rings. The minimum atomic E-state index is -0.0930. The van der Waals surface area contributed by atoms with E-state index in [1.165, 1.54) is 0 Å². The highest BCUT2D eigenvalue weighted by Crippen LogP contribution is 2.13. The molecular formula is C19H28N4O3S. The Labute approximate surface area is 164 Å². The first-order valence-corrected chi connectivity index (χ1v) is 10.7. The van der Waals surface area contributed by atoms with Crippen LogP contribution in [0.15, 0.2) is 24.3 Å². The maximum Gasteiger partial charge on any atom is 0.251 e. The van der Waals surface area contributed by atoms with Crippen LogP contribution in [0, 0.1) is 0 Å². The van der Waals surface area contributed by atoms with Gasteiger partial charge in [-0.25, -0.2) is 0 Å². The third-order valence-electron chi connectivity index (χ3n) is 4.68. The van der Waals surface area contributed by atoms with Gasteiger partial charge in [0, 0.05) is 67.9 Å². The van der Waals surface area contributed by atoms with Crippen LogP contribution < -0.4 is 16.0 Å². The summed E-state index contributed by atoms with van der Waals surface area (Å²) < 4.78 is 5.31. The Morgan fingerprint density at radius 3 is 2.70 bits per heavy atom. The Kier molecular flexibility index (Phi) is 7.94. The van der Waals surface area contributed by atoms with Gasteiger partial charge >= 0.3 is 0 Å². The van der Waals surface area contributed by atoms with Crippen LogP contribution in [0.1, 0.15) is 16.8 Å². The number of thioether (sulfide) groups is 1. The van der Waals surface area contributed by atoms with E-state index in [-0.39, 0.29) is 17.9 Å². The molecule has 1 aromatic carbocycles. The second kappa shape index (κ2) is 10.7. The smallest absolute Gasteiger partial charge is 0.251 e. The van der Waals surface area contributed by atoms with Crippen LogP contribution in [0.5, 0.6) is 0 Å². The SMILES string of the molecule is O=C(CC1CSCCN1)Nc1ccc(C(=O)NCCN2CCOCC2)cc1. The minimum absolute atomic E-state index is 0.00212. The second-order valence-corrected chi connectivity index (χ2v) is 7.92. The van der Waals surface area contributed by atoms with E-state index in [1.54, 1.807) is 24.3 Å². The first kappa shape index (κ1) is 20.1. The van der Waals surface area contributed by atoms with Gasteiger partial charge in [0.2, 0.25) is 5.91 Å². The molecule has 148 valence electrons. The summed E-state index contributed by atoms with van der Waals surface area (Å²) in [5.74, 6) is 1.98. The molecule has 27 heavy (non-hydrogen) atoms. The van der Waals surface area contributed by atoms with Gasteiger partial charge in [-0.15, -0.1) is 0 Å². The predicted octanol–water partition coefficient (Wildman–Crippen LogP) is 0.782. The third kappa shape index (κ3) is 6.80. The number of hydrogen-bond acceptors (Lipinski definition) is 6. The van der Waals surface area contributed by atoms with Gasteiger partial charge in [-0.1, -0.05) is 0 Å². The summed E-state index contributed by atoms with van der Waals surface area (Å²) in [6, 6.07) is 7.28. The Morgan fingerprint density at radius 2 is 2.00 bits per heavy atom. The molecule has 2 saturated heterocycles. The average Bonchev–Trinajstić information content (AvgIpc) is 2.70. The standard InChI is InChI=1S/C19H28N4O3S/c24-18(13-17-14-27-12-6-20-17)22-16-3-1-15(2-4-16)19(25)21-5-7-23-8-10-26-11-9-23/h1-4,17,20H,5-14H2,(H,21,25)(H,22,24). The molecule has 1 unspecified atom stereocenters. The number of hydrogen-bond donors (Lipinski definition) is 3. The van der Waals surface area contributed by atoms with Gasteiger partial charge in [0.1, 0.15) is 0 Å². The van der Waals surface area contributed by atoms with Crippen molar-refractivity contribution in [2.24, 2.45) is 0 Å². The lowest BCUT2D eigenvalue weighted by Gasteiger charge is -2.26. The topological polar surface area (TPSA) is 82.7 Å². The number of nitrogens with zero attached hydrogens (tertiary/aromatic N) is 1. The average molecular weight is 393 g/mol. The molecule has 3 rings (SSSR count). The number of benzene rings is 1. The summed E-state index contributed by atoms with van der Waals surface area (Å²) in [6.45, 7) is 5.75. The normalized spacial score (nSPS) is 20.8. The molecule has 1 atom stereocenters. The number of rotatable bonds is 7. The van der Waals surface area contributed by atoms with Crippen molar-refractivity contribution in [3.05, 3.63) is 29.8 Å². The van der Waals surface area contributed by atoms with Crippen LogP contribution in [-0.2, 0) is 9.53 Å². The van der Waals surface area contributed by atoms with Gasteiger partial charge in [-0.2, -0.15) is 11.8 Å². The molecule has 0 aromatic heterocycles. The monoisotopic (exact) mass is 392 g/mol. The van der Waals surface area contributed by atoms with E-state index in [0.29, 0.717) is 24.2 Å². The highest BCUT2D eigenvalue weighted by atomic mass is 32.2. The van der Waals surface area contributed by atoms with Crippen LogP contribution in [0.4, 0.5) is 5.69 Å². The van der Waals surface area contributed by atoms with E-state index in [9.17, 15) is 9.59 Å². The van der Waals surface area contributed by atoms with Crippen molar-refractivity contribution in [2.45, 2.75) is 12.5 Å². The van der Waals surface area contributed by atoms with E-state index in [0.717, 1.165) is 50.9 Å². The number of amides is 2. The first-order valence-electron chi connectivity index (χ1n) is 9.50. The van der Waals surface area contributed by atoms with Crippen molar-refractivity contribution in [3.8, 4) is 0 Å². The molecule has 0 bridgehead atoms. The Morgan fingerprint density at radius 1 is 1.22 bits per heavy atom. The summed E-state index contributed by atoms with van der Waals surface area (Å²) in [6.07, 6.45) is 0.469. The lowest BCUT2D eigenvalue weighted by Crippen LogP contribution is -2.41. The summed E-state index contributed by atoms with van der Waals surface area (Å²) in [7, 11) is 0. The van der Waals surface area contributed by atoms with Gasteiger partial charge in [-0.05, 0) is 24.3 Å². The Balaban J connectivity index is 1.39. The van der Waals surface area contributed by atoms with Crippen LogP contribution >= 0.6 is 11.8 Å². The zero-order chi connectivity index (χ0) is 18.9. The number of morpholine rings is 1. The molecule has 8 heteroatoms. The molecule has 0 radical (unpaired) electrons. The molecule has 7 nitrogen and oxygen atoms in total. The maximum absolute atomic E-state index is 12.2. The van der Waals surface area contributed by atoms with Crippen molar-refractivity contribution in [2.75, 3.05) is 62.8 Å². The fourth-order valence-corrected chi connectivity index (χ4v) is 4.10. The molecular weight excluding hydrogens is 364 g/mol. The fraction of sp³-hybridized carbons (Fsp3) is 0.579. The maximum atomic E-state index is 12.2. The van der Waals surface area contributed by atoms with Gasteiger partial charge in [0.05, 0.1) is 13.2 Å². The Hall–Kier alpha value is -1.61. The third-order valence-corrected chi connectivity index (χ3v) is 5.81. The lowest BCUT2D eigenvalue weighted by atomic mass is 10.1. The molecule has 0 spiro atoms. The highest BCUT2D eigenvalue weighted by molar-refractivity contribution is 7.99. The van der Waals surface area contributed by atoms with E-state index < -0.39 is 0 Å². The van der Waals surface area contributed by atoms with Crippen molar-refractivity contribution in [3.63, 3.8) is 0 Å². The van der Waals surface area contributed by atoms with Gasteiger partial charge in [-0.3, -0.25) is 14.5 Å². The Bertz CT molecular complexity index is 614. The van der Waals surface area contributed by atoms with Crippen molar-refractivity contribution >= 4 is 29.3 Å². The molecule has 0 aliphatic carbocycles. The van der Waals surface area contributed by atoms with E-state index >= 15 is 0 Å². The lowest BCUT2D eigenvalue weighted by molar-refractivity contribution is -0.116. The van der Waals surface area contributed by atoms with Crippen LogP contribution in [0.2, 0.25) is 0 Å². The molecule has 2 aliphatic heterocycles. The fourth-order valence-electron chi connectivity index (χ4n) is 3.15. The largest absolute Gasteiger partial charge is 0.379 e. The molecule has 0 saturated carbocycles. The van der Waals surface area contributed by atoms with Crippen LogP contribution in [0.3, 0.4) is 0 Å². The molecule has 3 N–H and O–H groups in total. The van der Waals surface area contributed by atoms with Crippen molar-refractivity contribution < 1.29 is 14.3 Å². The quantitative estimate of drug-likeness (QED) is 0.636. The predicted molar refractivity (Wildman–Crippen MR) is 108 cm³/mol. The van der Waals surface area contributed by atoms with E-state index in [4.69, 9.17) is 4.74 Å². The zero-order valence-corrected chi connectivity index (χ0v) is 16.4. The van der Waals surface area contributed by atoms with Crippen molar-refractivity contribution in [1.82, 2.24) is 15.5 Å². The number of ether oxygens (including phenoxy) is 1. The van der Waals surface area contributed by atoms with Gasteiger partial charge < -0.3 is 20.7 Å². The summed E-state index contributed by atoms with van der Waals surface area (Å²) in [5.41, 5.74) is 1.31. The first-order chi connectivity index (χ1) is 13.2. The summed E-state index contributed by atoms with van der Waals surface area (Å²) in [5, 5.41) is 9.20. The number of carbonyl (C=O) groups excluding carboxylic acids is 2. The number of anilines is 1. The summed E-state index contributed by atoms with van der Waals surface area (Å²) >= 11 is 1.88. The molecule has 2 fully saturated rings. The molecule has 1 aromatic rings. The zero-order valence-electron chi connectivity index (χ0n) is 15.5. The van der Waals surface area contributed by atoms with Crippen LogP contribution in [0.25, 0.3) is 0 Å². The van der Waals surface area contributed by atoms with Crippen molar-refractivity contribution in [1.29, 1.82) is 0 Å².